The smallest absolute Gasteiger partial charge is 0.273 e. The number of nitrogens with one attached hydrogen (secondary N) is 1. The summed E-state index contributed by atoms with van der Waals surface area (Å²) in [5, 5.41) is 10.1. The molecule has 0 aliphatic carbocycles. The van der Waals surface area contributed by atoms with Crippen LogP contribution in [0.15, 0.2) is 11.4 Å². The van der Waals surface area contributed by atoms with Gasteiger partial charge in [-0.25, -0.2) is 4.98 Å². The zero-order valence-electron chi connectivity index (χ0n) is 17.1. The number of rotatable bonds is 7. The number of thiazole rings is 1. The number of likely N-dealkylation sites (tertiary alicyclic amines) is 1. The lowest BCUT2D eigenvalue weighted by Crippen LogP contribution is -2.31. The van der Waals surface area contributed by atoms with Crippen molar-refractivity contribution < 1.29 is 9.59 Å². The molecule has 0 radical (unpaired) electrons. The molecule has 1 fully saturated rings. The van der Waals surface area contributed by atoms with Gasteiger partial charge in [-0.05, 0) is 45.1 Å². The molecule has 0 spiro atoms. The summed E-state index contributed by atoms with van der Waals surface area (Å²) < 4.78 is 1.71. The Morgan fingerprint density at radius 1 is 1.29 bits per heavy atom. The fraction of sp³-hybridized carbons (Fsp3) is 0.600. The van der Waals surface area contributed by atoms with Crippen LogP contribution in [0.25, 0.3) is 0 Å². The van der Waals surface area contributed by atoms with Crippen molar-refractivity contribution in [1.82, 2.24) is 25.0 Å². The van der Waals surface area contributed by atoms with Gasteiger partial charge in [0.15, 0.2) is 0 Å². The van der Waals surface area contributed by atoms with Crippen molar-refractivity contribution in [2.75, 3.05) is 13.1 Å². The third kappa shape index (κ3) is 4.60. The Bertz CT molecular complexity index is 836. The van der Waals surface area contributed by atoms with Crippen molar-refractivity contribution >= 4 is 23.2 Å². The van der Waals surface area contributed by atoms with Crippen LogP contribution in [0.2, 0.25) is 0 Å². The maximum atomic E-state index is 12.9. The molecule has 3 rings (SSSR count). The highest BCUT2D eigenvalue weighted by Gasteiger charge is 2.26. The van der Waals surface area contributed by atoms with Gasteiger partial charge in [-0.1, -0.05) is 13.8 Å². The third-order valence-electron chi connectivity index (χ3n) is 4.88. The lowest BCUT2D eigenvalue weighted by atomic mass is 10.0. The lowest BCUT2D eigenvalue weighted by molar-refractivity contribution is 0.0787. The molecule has 1 atom stereocenters. The van der Waals surface area contributed by atoms with Gasteiger partial charge in [-0.2, -0.15) is 5.10 Å². The van der Waals surface area contributed by atoms with Crippen LogP contribution in [0.5, 0.6) is 0 Å². The van der Waals surface area contributed by atoms with Gasteiger partial charge in [0.2, 0.25) is 0 Å². The van der Waals surface area contributed by atoms with E-state index < -0.39 is 0 Å². The second-order valence-electron chi connectivity index (χ2n) is 7.71. The standard InChI is InChI=1S/C20H29N5O2S/c1-5-25-17(11-14(4)23-25)18(26)21-15(10-13(2)3)19-22-16(12-28-19)20(27)24-8-6-7-9-24/h11-13,15H,5-10H2,1-4H3,(H,21,26)/t15-/m1/s1. The van der Waals surface area contributed by atoms with Gasteiger partial charge in [0.1, 0.15) is 16.4 Å². The quantitative estimate of drug-likeness (QED) is 0.768. The van der Waals surface area contributed by atoms with Crippen LogP contribution >= 0.6 is 11.3 Å². The molecule has 3 heterocycles. The van der Waals surface area contributed by atoms with Crippen LogP contribution in [0, 0.1) is 12.8 Å². The molecule has 28 heavy (non-hydrogen) atoms. The Labute approximate surface area is 170 Å². The van der Waals surface area contributed by atoms with Crippen LogP contribution < -0.4 is 5.32 Å². The summed E-state index contributed by atoms with van der Waals surface area (Å²) in [7, 11) is 0. The van der Waals surface area contributed by atoms with Gasteiger partial charge < -0.3 is 10.2 Å². The predicted molar refractivity (Wildman–Crippen MR) is 110 cm³/mol. The summed E-state index contributed by atoms with van der Waals surface area (Å²) in [6.07, 6.45) is 2.87. The molecule has 7 nitrogen and oxygen atoms in total. The minimum atomic E-state index is -0.224. The lowest BCUT2D eigenvalue weighted by Gasteiger charge is -2.19. The van der Waals surface area contributed by atoms with Gasteiger partial charge in [0.05, 0.1) is 11.7 Å². The van der Waals surface area contributed by atoms with E-state index in [4.69, 9.17) is 0 Å². The maximum Gasteiger partial charge on any atom is 0.273 e. The number of hydrogen-bond donors (Lipinski definition) is 1. The summed E-state index contributed by atoms with van der Waals surface area (Å²) in [6, 6.07) is 1.58. The normalized spacial score (nSPS) is 15.2. The molecule has 0 unspecified atom stereocenters. The molecule has 2 aromatic heterocycles. The zero-order chi connectivity index (χ0) is 20.3. The number of carbonyl (C=O) groups is 2. The van der Waals surface area contributed by atoms with Crippen molar-refractivity contribution in [3.8, 4) is 0 Å². The molecule has 0 saturated carbocycles. The molecule has 1 aliphatic heterocycles. The second kappa shape index (κ2) is 8.86. The van der Waals surface area contributed by atoms with E-state index in [1.54, 1.807) is 10.7 Å². The highest BCUT2D eigenvalue weighted by atomic mass is 32.1. The molecule has 2 aromatic rings. The molecule has 1 N–H and O–H groups in total. The maximum absolute atomic E-state index is 12.9. The van der Waals surface area contributed by atoms with Gasteiger partial charge in [0, 0.05) is 25.0 Å². The van der Waals surface area contributed by atoms with E-state index in [9.17, 15) is 9.59 Å². The molecule has 0 bridgehead atoms. The molecular formula is C20H29N5O2S. The van der Waals surface area contributed by atoms with Crippen molar-refractivity contribution in [3.63, 3.8) is 0 Å². The van der Waals surface area contributed by atoms with Crippen LogP contribution in [-0.2, 0) is 6.54 Å². The van der Waals surface area contributed by atoms with Crippen molar-refractivity contribution in [1.29, 1.82) is 0 Å². The minimum Gasteiger partial charge on any atom is -0.341 e. The number of nitrogens with zero attached hydrogens (tertiary/aromatic N) is 4. The van der Waals surface area contributed by atoms with Gasteiger partial charge in [-0.3, -0.25) is 14.3 Å². The highest BCUT2D eigenvalue weighted by Crippen LogP contribution is 2.26. The average molecular weight is 404 g/mol. The molecule has 0 aromatic carbocycles. The number of aromatic nitrogens is 3. The topological polar surface area (TPSA) is 80.1 Å². The van der Waals surface area contributed by atoms with Crippen molar-refractivity contribution in [3.05, 3.63) is 33.5 Å². The Morgan fingerprint density at radius 3 is 2.64 bits per heavy atom. The fourth-order valence-corrected chi connectivity index (χ4v) is 4.38. The molecule has 152 valence electrons. The zero-order valence-corrected chi connectivity index (χ0v) is 17.9. The number of hydrogen-bond acceptors (Lipinski definition) is 5. The monoisotopic (exact) mass is 403 g/mol. The minimum absolute atomic E-state index is 0.00527. The largest absolute Gasteiger partial charge is 0.341 e. The van der Waals surface area contributed by atoms with E-state index in [1.165, 1.54) is 11.3 Å². The molecular weight excluding hydrogens is 374 g/mol. The Balaban J connectivity index is 1.78. The number of carbonyl (C=O) groups excluding carboxylic acids is 2. The van der Waals surface area contributed by atoms with Crippen molar-refractivity contribution in [2.24, 2.45) is 5.92 Å². The number of amides is 2. The summed E-state index contributed by atoms with van der Waals surface area (Å²) in [6.45, 7) is 10.3. The Kier molecular flexibility index (Phi) is 6.49. The summed E-state index contributed by atoms with van der Waals surface area (Å²) >= 11 is 1.44. The van der Waals surface area contributed by atoms with E-state index in [0.717, 1.165) is 43.1 Å². The summed E-state index contributed by atoms with van der Waals surface area (Å²) in [5.74, 6) is 0.217. The SMILES string of the molecule is CCn1nc(C)cc1C(=O)N[C@H](CC(C)C)c1nc(C(=O)N2CCCC2)cs1. The predicted octanol–water partition coefficient (Wildman–Crippen LogP) is 3.42. The molecule has 1 aliphatic rings. The first-order valence-electron chi connectivity index (χ1n) is 9.99. The number of aryl methyl sites for hydroxylation is 2. The highest BCUT2D eigenvalue weighted by molar-refractivity contribution is 7.09. The van der Waals surface area contributed by atoms with Gasteiger partial charge in [0.25, 0.3) is 11.8 Å². The van der Waals surface area contributed by atoms with E-state index >= 15 is 0 Å². The molecule has 1 saturated heterocycles. The van der Waals surface area contributed by atoms with Crippen LogP contribution in [0.3, 0.4) is 0 Å². The van der Waals surface area contributed by atoms with Gasteiger partial charge in [-0.15, -0.1) is 11.3 Å². The van der Waals surface area contributed by atoms with E-state index in [2.05, 4.69) is 29.2 Å². The summed E-state index contributed by atoms with van der Waals surface area (Å²) in [5.41, 5.74) is 1.86. The van der Waals surface area contributed by atoms with Crippen molar-refractivity contribution in [2.45, 2.75) is 59.5 Å². The third-order valence-corrected chi connectivity index (χ3v) is 5.84. The molecule has 2 amide bonds. The van der Waals surface area contributed by atoms with Gasteiger partial charge >= 0.3 is 0 Å². The van der Waals surface area contributed by atoms with Crippen LogP contribution in [0.4, 0.5) is 0 Å². The second-order valence-corrected chi connectivity index (χ2v) is 8.60. The Morgan fingerprint density at radius 2 is 2.00 bits per heavy atom. The van der Waals surface area contributed by atoms with E-state index in [-0.39, 0.29) is 17.9 Å². The first kappa shape index (κ1) is 20.5. The van der Waals surface area contributed by atoms with E-state index in [1.807, 2.05) is 24.1 Å². The van der Waals surface area contributed by atoms with Crippen LogP contribution in [0.1, 0.15) is 77.8 Å². The fourth-order valence-electron chi connectivity index (χ4n) is 3.52. The molecule has 8 heteroatoms. The van der Waals surface area contributed by atoms with E-state index in [0.29, 0.717) is 23.9 Å². The Hall–Kier alpha value is -2.22. The first-order chi connectivity index (χ1) is 13.4. The summed E-state index contributed by atoms with van der Waals surface area (Å²) in [4.78, 5) is 31.9. The van der Waals surface area contributed by atoms with Crippen LogP contribution in [-0.4, -0.2) is 44.6 Å². The average Bonchev–Trinajstić information content (AvgIpc) is 3.40. The first-order valence-corrected chi connectivity index (χ1v) is 10.9.